The molecule has 1 heterocycles. The molecule has 0 fully saturated rings. The van der Waals surface area contributed by atoms with Gasteiger partial charge in [0, 0.05) is 6.20 Å². The molecule has 4 rings (SSSR count). The lowest BCUT2D eigenvalue weighted by molar-refractivity contribution is -0.117. The standard InChI is InChI=1S/C24H21N3O3S/c28-24(26-23-12-6-7-15-25-23)22(16-18-8-2-1-3-9-18)27-31(29,30)21-14-13-19-10-4-5-11-20(19)17-21/h1-15,17,22,27H,16H2,(H,25,26,28). The van der Waals surface area contributed by atoms with Gasteiger partial charge in [0.05, 0.1) is 4.90 Å². The van der Waals surface area contributed by atoms with Crippen molar-refractivity contribution in [1.82, 2.24) is 9.71 Å². The van der Waals surface area contributed by atoms with Gasteiger partial charge in [0.25, 0.3) is 0 Å². The van der Waals surface area contributed by atoms with E-state index in [1.807, 2.05) is 54.6 Å². The molecular formula is C24H21N3O3S. The minimum atomic E-state index is -3.94. The number of anilines is 1. The van der Waals surface area contributed by atoms with E-state index in [0.717, 1.165) is 16.3 Å². The number of fused-ring (bicyclic) bond motifs is 1. The molecule has 3 aromatic carbocycles. The van der Waals surface area contributed by atoms with Gasteiger partial charge in [-0.05, 0) is 47.0 Å². The number of carbonyl (C=O) groups is 1. The molecule has 0 saturated heterocycles. The van der Waals surface area contributed by atoms with E-state index in [-0.39, 0.29) is 11.3 Å². The highest BCUT2D eigenvalue weighted by Crippen LogP contribution is 2.19. The van der Waals surface area contributed by atoms with Crippen molar-refractivity contribution in [2.75, 3.05) is 5.32 Å². The van der Waals surface area contributed by atoms with Crippen molar-refractivity contribution in [2.45, 2.75) is 17.4 Å². The van der Waals surface area contributed by atoms with E-state index in [4.69, 9.17) is 0 Å². The zero-order valence-corrected chi connectivity index (χ0v) is 17.4. The van der Waals surface area contributed by atoms with Gasteiger partial charge in [0.2, 0.25) is 15.9 Å². The average molecular weight is 432 g/mol. The van der Waals surface area contributed by atoms with E-state index >= 15 is 0 Å². The lowest BCUT2D eigenvalue weighted by Gasteiger charge is -2.19. The van der Waals surface area contributed by atoms with Gasteiger partial charge in [-0.2, -0.15) is 4.72 Å². The van der Waals surface area contributed by atoms with E-state index < -0.39 is 22.0 Å². The van der Waals surface area contributed by atoms with Crippen molar-refractivity contribution in [2.24, 2.45) is 0 Å². The lowest BCUT2D eigenvalue weighted by atomic mass is 10.1. The second kappa shape index (κ2) is 9.07. The number of nitrogens with one attached hydrogen (secondary N) is 2. The number of pyridine rings is 1. The Morgan fingerprint density at radius 3 is 2.29 bits per heavy atom. The molecule has 0 saturated carbocycles. The van der Waals surface area contributed by atoms with E-state index in [1.165, 1.54) is 0 Å². The predicted octanol–water partition coefficient (Wildman–Crippen LogP) is 3.76. The molecule has 31 heavy (non-hydrogen) atoms. The highest BCUT2D eigenvalue weighted by Gasteiger charge is 2.26. The summed E-state index contributed by atoms with van der Waals surface area (Å²) in [5.41, 5.74) is 0.838. The van der Waals surface area contributed by atoms with Crippen LogP contribution >= 0.6 is 0 Å². The molecule has 0 spiro atoms. The third-order valence-electron chi connectivity index (χ3n) is 4.84. The summed E-state index contributed by atoms with van der Waals surface area (Å²) in [4.78, 5) is 17.2. The summed E-state index contributed by atoms with van der Waals surface area (Å²) in [6.07, 6.45) is 1.76. The van der Waals surface area contributed by atoms with Gasteiger partial charge in [-0.1, -0.05) is 66.7 Å². The Hall–Kier alpha value is -3.55. The van der Waals surface area contributed by atoms with Gasteiger partial charge in [-0.15, -0.1) is 0 Å². The average Bonchev–Trinajstić information content (AvgIpc) is 2.79. The summed E-state index contributed by atoms with van der Waals surface area (Å²) < 4.78 is 28.8. The molecule has 1 unspecified atom stereocenters. The third-order valence-corrected chi connectivity index (χ3v) is 6.31. The molecule has 7 heteroatoms. The smallest absolute Gasteiger partial charge is 0.244 e. The Labute approximate surface area is 181 Å². The van der Waals surface area contributed by atoms with Crippen LogP contribution in [0.25, 0.3) is 10.8 Å². The largest absolute Gasteiger partial charge is 0.309 e. The van der Waals surface area contributed by atoms with Gasteiger partial charge in [0.1, 0.15) is 11.9 Å². The summed E-state index contributed by atoms with van der Waals surface area (Å²) >= 11 is 0. The summed E-state index contributed by atoms with van der Waals surface area (Å²) in [6.45, 7) is 0. The SMILES string of the molecule is O=C(Nc1ccccn1)C(Cc1ccccc1)NS(=O)(=O)c1ccc2ccccc2c1. The molecule has 6 nitrogen and oxygen atoms in total. The Kier molecular flexibility index (Phi) is 6.06. The zero-order chi connectivity index (χ0) is 21.7. The minimum Gasteiger partial charge on any atom is -0.309 e. The van der Waals surface area contributed by atoms with E-state index in [1.54, 1.807) is 42.6 Å². The van der Waals surface area contributed by atoms with Crippen LogP contribution in [0.2, 0.25) is 0 Å². The second-order valence-corrected chi connectivity index (χ2v) is 8.79. The predicted molar refractivity (Wildman–Crippen MR) is 121 cm³/mol. The highest BCUT2D eigenvalue weighted by molar-refractivity contribution is 7.89. The molecule has 0 aliphatic heterocycles. The van der Waals surface area contributed by atoms with Crippen molar-refractivity contribution in [3.05, 3.63) is 103 Å². The number of nitrogens with zero attached hydrogens (tertiary/aromatic N) is 1. The third kappa shape index (κ3) is 5.14. The first-order valence-electron chi connectivity index (χ1n) is 9.78. The first-order chi connectivity index (χ1) is 15.0. The molecule has 1 amide bonds. The first-order valence-corrected chi connectivity index (χ1v) is 11.3. The monoisotopic (exact) mass is 431 g/mol. The summed E-state index contributed by atoms with van der Waals surface area (Å²) in [7, 11) is -3.94. The number of hydrogen-bond donors (Lipinski definition) is 2. The van der Waals surface area contributed by atoms with Gasteiger partial charge in [-0.25, -0.2) is 13.4 Å². The maximum absolute atomic E-state index is 13.1. The number of benzene rings is 3. The molecule has 1 atom stereocenters. The molecule has 2 N–H and O–H groups in total. The zero-order valence-electron chi connectivity index (χ0n) is 16.6. The summed E-state index contributed by atoms with van der Waals surface area (Å²) in [5, 5.41) is 4.44. The summed E-state index contributed by atoms with van der Waals surface area (Å²) in [6, 6.07) is 25.8. The molecule has 0 bridgehead atoms. The molecule has 0 aliphatic rings. The lowest BCUT2D eigenvalue weighted by Crippen LogP contribution is -2.45. The number of amides is 1. The fourth-order valence-corrected chi connectivity index (χ4v) is 4.51. The van der Waals surface area contributed by atoms with Crippen LogP contribution in [0.4, 0.5) is 5.82 Å². The minimum absolute atomic E-state index is 0.106. The Morgan fingerprint density at radius 1 is 0.839 bits per heavy atom. The van der Waals surface area contributed by atoms with Crippen molar-refractivity contribution in [3.8, 4) is 0 Å². The Bertz CT molecular complexity index is 1290. The van der Waals surface area contributed by atoms with E-state index in [2.05, 4.69) is 15.0 Å². The molecule has 0 aliphatic carbocycles. The molecule has 0 radical (unpaired) electrons. The van der Waals surface area contributed by atoms with Crippen molar-refractivity contribution >= 4 is 32.5 Å². The number of carbonyl (C=O) groups excluding carboxylic acids is 1. The number of sulfonamides is 1. The number of hydrogen-bond acceptors (Lipinski definition) is 4. The highest BCUT2D eigenvalue weighted by atomic mass is 32.2. The van der Waals surface area contributed by atoms with E-state index in [9.17, 15) is 13.2 Å². The van der Waals surface area contributed by atoms with Crippen LogP contribution in [-0.2, 0) is 21.2 Å². The maximum Gasteiger partial charge on any atom is 0.244 e. The van der Waals surface area contributed by atoms with Crippen molar-refractivity contribution < 1.29 is 13.2 Å². The quantitative estimate of drug-likeness (QED) is 0.466. The first kappa shape index (κ1) is 20.7. The van der Waals surface area contributed by atoms with Crippen LogP contribution in [0.3, 0.4) is 0 Å². The van der Waals surface area contributed by atoms with Crippen LogP contribution in [0.15, 0.2) is 102 Å². The van der Waals surface area contributed by atoms with Crippen LogP contribution in [0.5, 0.6) is 0 Å². The molecule has 1 aromatic heterocycles. The summed E-state index contributed by atoms with van der Waals surface area (Å²) in [5.74, 6) is -0.123. The number of rotatable bonds is 7. The fourth-order valence-electron chi connectivity index (χ4n) is 3.28. The normalized spacial score (nSPS) is 12.4. The van der Waals surface area contributed by atoms with Gasteiger partial charge < -0.3 is 5.32 Å². The van der Waals surface area contributed by atoms with Crippen molar-refractivity contribution in [1.29, 1.82) is 0 Å². The maximum atomic E-state index is 13.1. The van der Waals surface area contributed by atoms with E-state index in [0.29, 0.717) is 5.82 Å². The van der Waals surface area contributed by atoms with Crippen LogP contribution < -0.4 is 10.0 Å². The van der Waals surface area contributed by atoms with Gasteiger partial charge in [-0.3, -0.25) is 4.79 Å². The Balaban J connectivity index is 1.62. The molecule has 4 aromatic rings. The fraction of sp³-hybridized carbons (Fsp3) is 0.0833. The molecular weight excluding hydrogens is 410 g/mol. The van der Waals surface area contributed by atoms with Crippen molar-refractivity contribution in [3.63, 3.8) is 0 Å². The Morgan fingerprint density at radius 2 is 1.55 bits per heavy atom. The van der Waals surface area contributed by atoms with Crippen LogP contribution in [-0.4, -0.2) is 25.4 Å². The number of aromatic nitrogens is 1. The van der Waals surface area contributed by atoms with Gasteiger partial charge in [0.15, 0.2) is 0 Å². The van der Waals surface area contributed by atoms with Gasteiger partial charge >= 0.3 is 0 Å². The van der Waals surface area contributed by atoms with Crippen LogP contribution in [0.1, 0.15) is 5.56 Å². The molecule has 156 valence electrons. The topological polar surface area (TPSA) is 88.2 Å². The second-order valence-electron chi connectivity index (χ2n) is 7.08. The van der Waals surface area contributed by atoms with Crippen LogP contribution in [0, 0.1) is 0 Å².